The predicted molar refractivity (Wildman–Crippen MR) is 92.7 cm³/mol. The minimum Gasteiger partial charge on any atom is -0.466 e. The summed E-state index contributed by atoms with van der Waals surface area (Å²) in [6, 6.07) is 8.23. The monoisotopic (exact) mass is 347 g/mol. The van der Waals surface area contributed by atoms with Gasteiger partial charge >= 0.3 is 12.0 Å². The molecule has 0 bridgehead atoms. The van der Waals surface area contributed by atoms with Crippen LogP contribution in [0.15, 0.2) is 30.3 Å². The maximum atomic E-state index is 12.6. The number of benzene rings is 1. The zero-order chi connectivity index (χ0) is 18.2. The van der Waals surface area contributed by atoms with E-state index in [9.17, 15) is 14.4 Å². The van der Waals surface area contributed by atoms with Gasteiger partial charge in [0, 0.05) is 20.1 Å². The highest BCUT2D eigenvalue weighted by Gasteiger charge is 2.34. The molecular formula is C18H25N3O4. The first-order valence-corrected chi connectivity index (χ1v) is 8.55. The van der Waals surface area contributed by atoms with Gasteiger partial charge in [-0.2, -0.15) is 0 Å². The van der Waals surface area contributed by atoms with Gasteiger partial charge in [-0.15, -0.1) is 0 Å². The number of hydrogen-bond donors (Lipinski definition) is 2. The highest BCUT2D eigenvalue weighted by Crippen LogP contribution is 2.27. The van der Waals surface area contributed by atoms with Crippen LogP contribution >= 0.6 is 0 Å². The minimum absolute atomic E-state index is 0.130. The summed E-state index contributed by atoms with van der Waals surface area (Å²) in [5.41, 5.74) is 0.818. The molecule has 1 aliphatic heterocycles. The van der Waals surface area contributed by atoms with Gasteiger partial charge in [-0.05, 0) is 25.3 Å². The molecule has 25 heavy (non-hydrogen) atoms. The zero-order valence-corrected chi connectivity index (χ0v) is 14.7. The average Bonchev–Trinajstić information content (AvgIpc) is 2.63. The first kappa shape index (κ1) is 18.9. The van der Waals surface area contributed by atoms with Gasteiger partial charge in [-0.3, -0.25) is 19.8 Å². The van der Waals surface area contributed by atoms with Crippen LogP contribution in [0.3, 0.4) is 0 Å². The normalized spacial score (nSPS) is 16.7. The second kappa shape index (κ2) is 9.17. The summed E-state index contributed by atoms with van der Waals surface area (Å²) in [5, 5.41) is 4.75. The summed E-state index contributed by atoms with van der Waals surface area (Å²) >= 11 is 0. The molecule has 1 atom stereocenters. The highest BCUT2D eigenvalue weighted by molar-refractivity contribution is 5.97. The largest absolute Gasteiger partial charge is 0.466 e. The maximum Gasteiger partial charge on any atom is 0.321 e. The van der Waals surface area contributed by atoms with Gasteiger partial charge in [-0.25, -0.2) is 4.79 Å². The fraction of sp³-hybridized carbons (Fsp3) is 0.500. The van der Waals surface area contributed by atoms with Crippen LogP contribution in [0.2, 0.25) is 0 Å². The van der Waals surface area contributed by atoms with Crippen LogP contribution in [0.1, 0.15) is 31.4 Å². The molecule has 0 aromatic heterocycles. The molecule has 1 aliphatic rings. The lowest BCUT2D eigenvalue weighted by atomic mass is 9.94. The molecular weight excluding hydrogens is 322 g/mol. The van der Waals surface area contributed by atoms with E-state index in [1.165, 1.54) is 7.05 Å². The first-order valence-electron chi connectivity index (χ1n) is 8.55. The highest BCUT2D eigenvalue weighted by atomic mass is 16.5. The molecule has 0 spiro atoms. The lowest BCUT2D eigenvalue weighted by molar-refractivity contribution is -0.149. The number of nitrogens with one attached hydrogen (secondary N) is 2. The van der Waals surface area contributed by atoms with E-state index in [1.54, 1.807) is 6.92 Å². The molecule has 0 saturated carbocycles. The van der Waals surface area contributed by atoms with Crippen molar-refractivity contribution >= 4 is 17.9 Å². The fourth-order valence-corrected chi connectivity index (χ4v) is 3.06. The predicted octanol–water partition coefficient (Wildman–Crippen LogP) is 1.46. The van der Waals surface area contributed by atoms with Gasteiger partial charge in [0.2, 0.25) is 5.91 Å². The topological polar surface area (TPSA) is 87.7 Å². The summed E-state index contributed by atoms with van der Waals surface area (Å²) in [5.74, 6) is -0.678. The van der Waals surface area contributed by atoms with Crippen LogP contribution in [-0.2, 0) is 14.3 Å². The van der Waals surface area contributed by atoms with Crippen LogP contribution in [-0.4, -0.2) is 49.6 Å². The van der Waals surface area contributed by atoms with Crippen molar-refractivity contribution < 1.29 is 19.1 Å². The summed E-state index contributed by atoms with van der Waals surface area (Å²) in [7, 11) is 1.46. The van der Waals surface area contributed by atoms with Crippen molar-refractivity contribution in [3.8, 4) is 0 Å². The molecule has 7 nitrogen and oxygen atoms in total. The zero-order valence-electron chi connectivity index (χ0n) is 14.7. The molecule has 0 aliphatic carbocycles. The van der Waals surface area contributed by atoms with E-state index in [-0.39, 0.29) is 17.8 Å². The molecule has 0 radical (unpaired) electrons. The van der Waals surface area contributed by atoms with Gasteiger partial charge < -0.3 is 10.1 Å². The van der Waals surface area contributed by atoms with Gasteiger partial charge in [-0.1, -0.05) is 30.3 Å². The van der Waals surface area contributed by atoms with Gasteiger partial charge in [0.25, 0.3) is 0 Å². The fourth-order valence-electron chi connectivity index (χ4n) is 3.06. The Balaban J connectivity index is 2.10. The number of piperidine rings is 1. The summed E-state index contributed by atoms with van der Waals surface area (Å²) in [4.78, 5) is 38.0. The van der Waals surface area contributed by atoms with Crippen LogP contribution in [0.25, 0.3) is 0 Å². The third-order valence-corrected chi connectivity index (χ3v) is 4.34. The Kier molecular flexibility index (Phi) is 6.94. The molecule has 3 amide bonds. The number of ether oxygens (including phenoxy) is 1. The smallest absolute Gasteiger partial charge is 0.321 e. The van der Waals surface area contributed by atoms with E-state index >= 15 is 0 Å². The number of esters is 1. The van der Waals surface area contributed by atoms with E-state index in [0.717, 1.165) is 5.56 Å². The Morgan fingerprint density at radius 2 is 1.84 bits per heavy atom. The van der Waals surface area contributed by atoms with Crippen LogP contribution in [0.4, 0.5) is 4.79 Å². The molecule has 1 aromatic rings. The Bertz CT molecular complexity index is 598. The maximum absolute atomic E-state index is 12.6. The molecule has 1 heterocycles. The molecule has 1 saturated heterocycles. The van der Waals surface area contributed by atoms with Crippen molar-refractivity contribution in [1.29, 1.82) is 0 Å². The van der Waals surface area contributed by atoms with Crippen molar-refractivity contribution in [2.45, 2.75) is 25.8 Å². The van der Waals surface area contributed by atoms with Crippen molar-refractivity contribution in [3.05, 3.63) is 35.9 Å². The lowest BCUT2D eigenvalue weighted by Crippen LogP contribution is -2.48. The minimum atomic E-state index is -0.568. The standard InChI is InChI=1S/C18H25N3O4/c1-3-25-17(23)14-9-11-21(12-10-14)15(13-7-5-4-6-8-13)16(22)20-18(24)19-2/h4-8,14-15H,3,9-12H2,1-2H3,(H2,19,20,22,24)/t15-/m1/s1. The average molecular weight is 347 g/mol. The Morgan fingerprint density at radius 1 is 1.20 bits per heavy atom. The number of urea groups is 1. The number of imide groups is 1. The quantitative estimate of drug-likeness (QED) is 0.788. The second-order valence-electron chi connectivity index (χ2n) is 5.94. The van der Waals surface area contributed by atoms with Crippen LogP contribution in [0, 0.1) is 5.92 Å². The van der Waals surface area contributed by atoms with Crippen molar-refractivity contribution in [3.63, 3.8) is 0 Å². The second-order valence-corrected chi connectivity index (χ2v) is 5.94. The Hall–Kier alpha value is -2.41. The van der Waals surface area contributed by atoms with E-state index in [4.69, 9.17) is 4.74 Å². The Labute approximate surface area is 147 Å². The number of nitrogens with zero attached hydrogens (tertiary/aromatic N) is 1. The third-order valence-electron chi connectivity index (χ3n) is 4.34. The van der Waals surface area contributed by atoms with Crippen molar-refractivity contribution in [1.82, 2.24) is 15.5 Å². The van der Waals surface area contributed by atoms with Crippen molar-refractivity contribution in [2.24, 2.45) is 5.92 Å². The first-order chi connectivity index (χ1) is 12.1. The van der Waals surface area contributed by atoms with E-state index < -0.39 is 12.1 Å². The number of rotatable bonds is 5. The number of likely N-dealkylation sites (tertiary alicyclic amines) is 1. The molecule has 2 rings (SSSR count). The lowest BCUT2D eigenvalue weighted by Gasteiger charge is -2.36. The van der Waals surface area contributed by atoms with Gasteiger partial charge in [0.1, 0.15) is 6.04 Å². The molecule has 7 heteroatoms. The van der Waals surface area contributed by atoms with Crippen molar-refractivity contribution in [2.75, 3.05) is 26.7 Å². The Morgan fingerprint density at radius 3 is 2.40 bits per heavy atom. The van der Waals surface area contributed by atoms with E-state index in [2.05, 4.69) is 10.6 Å². The van der Waals surface area contributed by atoms with Gasteiger partial charge in [0.05, 0.1) is 12.5 Å². The number of amides is 3. The van der Waals surface area contributed by atoms with Crippen LogP contribution < -0.4 is 10.6 Å². The third kappa shape index (κ3) is 5.03. The molecule has 2 N–H and O–H groups in total. The van der Waals surface area contributed by atoms with Crippen LogP contribution in [0.5, 0.6) is 0 Å². The SMILES string of the molecule is CCOC(=O)C1CCN([C@@H](C(=O)NC(=O)NC)c2ccccc2)CC1. The van der Waals surface area contributed by atoms with Gasteiger partial charge in [0.15, 0.2) is 0 Å². The summed E-state index contributed by atoms with van der Waals surface area (Å²) in [6.07, 6.45) is 1.27. The molecule has 136 valence electrons. The number of carbonyl (C=O) groups is 3. The number of hydrogen-bond acceptors (Lipinski definition) is 5. The number of carbonyl (C=O) groups excluding carboxylic acids is 3. The van der Waals surface area contributed by atoms with E-state index in [0.29, 0.717) is 32.5 Å². The molecule has 1 fully saturated rings. The summed E-state index contributed by atoms with van der Waals surface area (Å²) in [6.45, 7) is 3.34. The van der Waals surface area contributed by atoms with E-state index in [1.807, 2.05) is 35.2 Å². The molecule has 0 unspecified atom stereocenters. The molecule has 1 aromatic carbocycles. The summed E-state index contributed by atoms with van der Waals surface area (Å²) < 4.78 is 5.09.